The van der Waals surface area contributed by atoms with Gasteiger partial charge in [0.1, 0.15) is 5.92 Å². The summed E-state index contributed by atoms with van der Waals surface area (Å²) in [7, 11) is 0. The number of hydrogen-bond donors (Lipinski definition) is 4. The summed E-state index contributed by atoms with van der Waals surface area (Å²) in [5, 5.41) is 37.1. The smallest absolute Gasteiger partial charge is 0.336 e. The Hall–Kier alpha value is -3.40. The molecule has 1 atom stereocenters. The fraction of sp³-hybridized carbons (Fsp3) is 0.118. The van der Waals surface area contributed by atoms with Gasteiger partial charge >= 0.3 is 23.9 Å². The van der Waals surface area contributed by atoms with E-state index in [9.17, 15) is 39.3 Å². The molecule has 1 unspecified atom stereocenters. The number of carboxylic acid groups (broad SMARTS) is 4. The van der Waals surface area contributed by atoms with Crippen LogP contribution in [0.15, 0.2) is 39.2 Å². The van der Waals surface area contributed by atoms with E-state index in [1.54, 1.807) is 0 Å². The normalized spacial score (nSPS) is 18.3. The van der Waals surface area contributed by atoms with Crippen molar-refractivity contribution in [1.29, 1.82) is 0 Å². The minimum atomic E-state index is -1.67. The van der Waals surface area contributed by atoms with Gasteiger partial charge in [0.15, 0.2) is 5.78 Å². The monoisotopic (exact) mass is 390 g/mol. The molecule has 9 nitrogen and oxygen atoms in total. The van der Waals surface area contributed by atoms with Gasteiger partial charge < -0.3 is 20.4 Å². The summed E-state index contributed by atoms with van der Waals surface area (Å²) < 4.78 is 0. The summed E-state index contributed by atoms with van der Waals surface area (Å²) in [5.74, 6) is -8.20. The van der Waals surface area contributed by atoms with Crippen LogP contribution in [0.4, 0.5) is 0 Å². The predicted octanol–water partition coefficient (Wildman–Crippen LogP) is 1.28. The van der Waals surface area contributed by atoms with Gasteiger partial charge in [0.25, 0.3) is 0 Å². The fourth-order valence-electron chi connectivity index (χ4n) is 2.93. The molecular formula is C17H10O9S. The third kappa shape index (κ3) is 2.99. The number of carbonyl (C=O) groups excluding carboxylic acids is 1. The van der Waals surface area contributed by atoms with Crippen molar-refractivity contribution < 1.29 is 44.4 Å². The second kappa shape index (κ2) is 6.40. The second-order valence-corrected chi connectivity index (χ2v) is 6.80. The number of carbonyl (C=O) groups is 5. The van der Waals surface area contributed by atoms with Crippen LogP contribution in [-0.4, -0.2) is 50.1 Å². The van der Waals surface area contributed by atoms with Crippen molar-refractivity contribution in [3.05, 3.63) is 51.0 Å². The van der Waals surface area contributed by atoms with Gasteiger partial charge in [-0.1, -0.05) is 11.8 Å². The van der Waals surface area contributed by atoms with Gasteiger partial charge in [0, 0.05) is 21.8 Å². The maximum Gasteiger partial charge on any atom is 0.336 e. The van der Waals surface area contributed by atoms with E-state index in [1.165, 1.54) is 6.07 Å². The van der Waals surface area contributed by atoms with Crippen LogP contribution in [0.25, 0.3) is 0 Å². The molecule has 0 saturated carbocycles. The summed E-state index contributed by atoms with van der Waals surface area (Å²) in [6.07, 6.45) is 0.572. The molecule has 1 aliphatic heterocycles. The van der Waals surface area contributed by atoms with E-state index in [4.69, 9.17) is 5.11 Å². The van der Waals surface area contributed by atoms with Crippen molar-refractivity contribution in [3.8, 4) is 0 Å². The summed E-state index contributed by atoms with van der Waals surface area (Å²) in [4.78, 5) is 58.2. The van der Waals surface area contributed by atoms with Crippen LogP contribution in [0.1, 0.15) is 26.3 Å². The van der Waals surface area contributed by atoms with Crippen molar-refractivity contribution in [1.82, 2.24) is 0 Å². The Morgan fingerprint density at radius 3 is 2.15 bits per heavy atom. The average Bonchev–Trinajstić information content (AvgIpc) is 2.58. The topological polar surface area (TPSA) is 166 Å². The molecular weight excluding hydrogens is 380 g/mol. The van der Waals surface area contributed by atoms with Crippen molar-refractivity contribution >= 4 is 41.4 Å². The molecule has 27 heavy (non-hydrogen) atoms. The van der Waals surface area contributed by atoms with Crippen LogP contribution in [0.5, 0.6) is 0 Å². The third-order valence-corrected chi connectivity index (χ3v) is 5.50. The molecule has 0 spiro atoms. The number of Topliss-reactive ketones (excluding diaryl/α,β-unsaturated/α-hetero) is 1. The number of ketones is 1. The number of carboxylic acids is 4. The summed E-state index contributed by atoms with van der Waals surface area (Å²) in [6.45, 7) is 0. The molecule has 1 aromatic rings. The molecule has 10 heteroatoms. The molecule has 3 rings (SSSR count). The van der Waals surface area contributed by atoms with Gasteiger partial charge in [-0.05, 0) is 23.8 Å². The first-order valence-electron chi connectivity index (χ1n) is 7.38. The minimum Gasteiger partial charge on any atom is -0.480 e. The Kier molecular flexibility index (Phi) is 4.36. The van der Waals surface area contributed by atoms with E-state index < -0.39 is 41.2 Å². The Bertz CT molecular complexity index is 1020. The van der Waals surface area contributed by atoms with Crippen molar-refractivity contribution in [3.63, 3.8) is 0 Å². The van der Waals surface area contributed by atoms with E-state index in [-0.39, 0.29) is 38.5 Å². The molecule has 1 aromatic carbocycles. The zero-order valence-electron chi connectivity index (χ0n) is 13.3. The quantitative estimate of drug-likeness (QED) is 0.550. The van der Waals surface area contributed by atoms with Crippen molar-refractivity contribution in [2.24, 2.45) is 5.92 Å². The first kappa shape index (κ1) is 18.4. The number of fused-ring (bicyclic) bond motifs is 1. The van der Waals surface area contributed by atoms with E-state index in [0.717, 1.165) is 12.1 Å². The van der Waals surface area contributed by atoms with Gasteiger partial charge in [-0.3, -0.25) is 9.59 Å². The molecule has 0 fully saturated rings. The number of benzene rings is 1. The SMILES string of the molecule is O=C(O)C1=CC(C(=O)O)C(=O)C2=C1Sc1c(cc(C(=O)O)cc1C(=O)O)C2. The van der Waals surface area contributed by atoms with Crippen molar-refractivity contribution in [2.75, 3.05) is 0 Å². The average molecular weight is 390 g/mol. The highest BCUT2D eigenvalue weighted by atomic mass is 32.2. The van der Waals surface area contributed by atoms with Crippen LogP contribution >= 0.6 is 11.8 Å². The van der Waals surface area contributed by atoms with E-state index >= 15 is 0 Å². The van der Waals surface area contributed by atoms with Crippen LogP contribution in [0.3, 0.4) is 0 Å². The van der Waals surface area contributed by atoms with Crippen LogP contribution < -0.4 is 0 Å². The van der Waals surface area contributed by atoms with Gasteiger partial charge in [-0.2, -0.15) is 0 Å². The number of aromatic carboxylic acids is 2. The highest BCUT2D eigenvalue weighted by Gasteiger charge is 2.40. The lowest BCUT2D eigenvalue weighted by Gasteiger charge is -2.28. The fourth-order valence-corrected chi connectivity index (χ4v) is 4.22. The maximum atomic E-state index is 12.5. The lowest BCUT2D eigenvalue weighted by molar-refractivity contribution is -0.143. The first-order chi connectivity index (χ1) is 12.6. The molecule has 4 N–H and O–H groups in total. The Morgan fingerprint density at radius 2 is 1.63 bits per heavy atom. The number of hydrogen-bond acceptors (Lipinski definition) is 6. The minimum absolute atomic E-state index is 0.0249. The van der Waals surface area contributed by atoms with Crippen LogP contribution in [0, 0.1) is 5.92 Å². The molecule has 0 aromatic heterocycles. The molecule has 0 amide bonds. The van der Waals surface area contributed by atoms with Gasteiger partial charge in [0.2, 0.25) is 0 Å². The lowest BCUT2D eigenvalue weighted by atomic mass is 9.84. The zero-order valence-corrected chi connectivity index (χ0v) is 14.1. The standard InChI is InChI=1S/C17H10O9S/c18-11-7-2-5-1-6(14(19)20)3-9(16(23)24)12(5)27-13(7)10(17(25)26)4-8(11)15(21)22/h1,3-4,8H,2H2,(H,19,20)(H,21,22)(H,23,24)(H,25,26). The maximum absolute atomic E-state index is 12.5. The third-order valence-electron chi connectivity index (χ3n) is 4.14. The molecule has 0 saturated heterocycles. The van der Waals surface area contributed by atoms with E-state index in [2.05, 4.69) is 0 Å². The van der Waals surface area contributed by atoms with Crippen molar-refractivity contribution in [2.45, 2.75) is 11.3 Å². The molecule has 138 valence electrons. The number of allylic oxidation sites excluding steroid dienone is 1. The molecule has 1 aliphatic carbocycles. The Morgan fingerprint density at radius 1 is 0.963 bits per heavy atom. The van der Waals surface area contributed by atoms with Crippen LogP contribution in [-0.2, 0) is 20.8 Å². The molecule has 1 heterocycles. The number of thioether (sulfide) groups is 1. The van der Waals surface area contributed by atoms with Gasteiger partial charge in [-0.25, -0.2) is 14.4 Å². The second-order valence-electron chi connectivity index (χ2n) is 5.77. The summed E-state index contributed by atoms with van der Waals surface area (Å²) >= 11 is 0.713. The highest BCUT2D eigenvalue weighted by molar-refractivity contribution is 8.03. The summed E-state index contributed by atoms with van der Waals surface area (Å²) in [5.41, 5.74) is -0.910. The molecule has 2 aliphatic rings. The summed E-state index contributed by atoms with van der Waals surface area (Å²) in [6, 6.07) is 2.15. The Balaban J connectivity index is 2.21. The van der Waals surface area contributed by atoms with Crippen LogP contribution in [0.2, 0.25) is 0 Å². The zero-order chi connectivity index (χ0) is 20.0. The highest BCUT2D eigenvalue weighted by Crippen LogP contribution is 2.47. The lowest BCUT2D eigenvalue weighted by Crippen LogP contribution is -2.31. The van der Waals surface area contributed by atoms with E-state index in [1.807, 2.05) is 0 Å². The number of rotatable bonds is 4. The Labute approximate surface area is 154 Å². The number of aliphatic carboxylic acids is 2. The van der Waals surface area contributed by atoms with Gasteiger partial charge in [0.05, 0.1) is 16.7 Å². The molecule has 0 radical (unpaired) electrons. The van der Waals surface area contributed by atoms with E-state index in [0.29, 0.717) is 11.8 Å². The van der Waals surface area contributed by atoms with Gasteiger partial charge in [-0.15, -0.1) is 0 Å². The predicted molar refractivity (Wildman–Crippen MR) is 88.8 cm³/mol. The molecule has 0 bridgehead atoms. The largest absolute Gasteiger partial charge is 0.480 e. The first-order valence-corrected chi connectivity index (χ1v) is 8.20.